The van der Waals surface area contributed by atoms with E-state index in [1.54, 1.807) is 36.8 Å². The van der Waals surface area contributed by atoms with Gasteiger partial charge in [0.15, 0.2) is 0 Å². The minimum Gasteiger partial charge on any atom is -0.363 e. The number of hydrogen-bond acceptors (Lipinski definition) is 6. The smallest absolute Gasteiger partial charge is 0.251 e. The highest BCUT2D eigenvalue weighted by Crippen LogP contribution is 2.09. The van der Waals surface area contributed by atoms with Gasteiger partial charge < -0.3 is 15.5 Å². The van der Waals surface area contributed by atoms with Crippen molar-refractivity contribution in [1.29, 1.82) is 0 Å². The van der Waals surface area contributed by atoms with Gasteiger partial charge in [0.2, 0.25) is 5.95 Å². The lowest BCUT2D eigenvalue weighted by molar-refractivity contribution is 0.0955. The van der Waals surface area contributed by atoms with Gasteiger partial charge in [0, 0.05) is 51.3 Å². The topological polar surface area (TPSA) is 83.0 Å². The summed E-state index contributed by atoms with van der Waals surface area (Å²) in [5.41, 5.74) is 0.588. The van der Waals surface area contributed by atoms with Crippen LogP contribution in [0.3, 0.4) is 0 Å². The molecule has 110 valence electrons. The maximum Gasteiger partial charge on any atom is 0.251 e. The van der Waals surface area contributed by atoms with Crippen LogP contribution in [0.5, 0.6) is 0 Å². The number of rotatable bonds is 6. The Labute approximate surface area is 123 Å². The molecule has 2 aromatic heterocycles. The molecule has 0 aliphatic carbocycles. The number of carbonyl (C=O) groups excluding carboxylic acids is 1. The van der Waals surface area contributed by atoms with Crippen molar-refractivity contribution in [2.45, 2.75) is 0 Å². The van der Waals surface area contributed by atoms with Crippen molar-refractivity contribution in [2.24, 2.45) is 0 Å². The largest absolute Gasteiger partial charge is 0.363 e. The molecule has 0 atom stereocenters. The highest BCUT2D eigenvalue weighted by Gasteiger charge is 2.07. The zero-order chi connectivity index (χ0) is 15.1. The molecule has 0 unspecified atom stereocenters. The van der Waals surface area contributed by atoms with Crippen LogP contribution in [0.1, 0.15) is 10.4 Å². The van der Waals surface area contributed by atoms with E-state index in [0.29, 0.717) is 24.6 Å². The van der Waals surface area contributed by atoms with E-state index >= 15 is 0 Å². The number of aromatic nitrogens is 3. The number of hydrogen-bond donors (Lipinski definition) is 2. The molecule has 0 saturated heterocycles. The predicted molar refractivity (Wildman–Crippen MR) is 81.4 cm³/mol. The highest BCUT2D eigenvalue weighted by molar-refractivity contribution is 5.94. The molecule has 2 aromatic rings. The fourth-order valence-corrected chi connectivity index (χ4v) is 1.65. The van der Waals surface area contributed by atoms with Gasteiger partial charge in [0.1, 0.15) is 5.82 Å². The fourth-order valence-electron chi connectivity index (χ4n) is 1.65. The number of nitrogens with one attached hydrogen (secondary N) is 2. The molecule has 0 saturated carbocycles. The molecular formula is C14H18N6O. The summed E-state index contributed by atoms with van der Waals surface area (Å²) in [6.07, 6.45) is 4.95. The van der Waals surface area contributed by atoms with Gasteiger partial charge in [-0.2, -0.15) is 0 Å². The van der Waals surface area contributed by atoms with E-state index in [1.807, 2.05) is 19.0 Å². The van der Waals surface area contributed by atoms with Crippen LogP contribution in [0.2, 0.25) is 0 Å². The Bertz CT molecular complexity index is 587. The van der Waals surface area contributed by atoms with Gasteiger partial charge in [-0.05, 0) is 18.2 Å². The van der Waals surface area contributed by atoms with Crippen molar-refractivity contribution in [2.75, 3.05) is 37.4 Å². The molecule has 1 amide bonds. The average Bonchev–Trinajstić information content (AvgIpc) is 2.52. The molecule has 2 heterocycles. The zero-order valence-corrected chi connectivity index (χ0v) is 12.1. The second kappa shape index (κ2) is 7.18. The zero-order valence-electron chi connectivity index (χ0n) is 12.1. The summed E-state index contributed by atoms with van der Waals surface area (Å²) >= 11 is 0. The Hall–Kier alpha value is -2.70. The first-order valence-corrected chi connectivity index (χ1v) is 6.59. The third kappa shape index (κ3) is 4.41. The Morgan fingerprint density at radius 2 is 1.90 bits per heavy atom. The first-order chi connectivity index (χ1) is 10.2. The lowest BCUT2D eigenvalue weighted by Gasteiger charge is -2.12. The number of carbonyl (C=O) groups is 1. The van der Waals surface area contributed by atoms with Crippen molar-refractivity contribution in [3.05, 3.63) is 42.4 Å². The van der Waals surface area contributed by atoms with Crippen molar-refractivity contribution in [1.82, 2.24) is 20.3 Å². The van der Waals surface area contributed by atoms with Crippen molar-refractivity contribution in [3.8, 4) is 0 Å². The SMILES string of the molecule is CN(C)c1cc(C(=O)NCCNc2ncccn2)ccn1. The van der Waals surface area contributed by atoms with Gasteiger partial charge in [0.25, 0.3) is 5.91 Å². The van der Waals surface area contributed by atoms with Crippen LogP contribution in [0, 0.1) is 0 Å². The second-order valence-corrected chi connectivity index (χ2v) is 4.55. The molecule has 2 N–H and O–H groups in total. The summed E-state index contributed by atoms with van der Waals surface area (Å²) in [5, 5.41) is 5.86. The van der Waals surface area contributed by atoms with Gasteiger partial charge in [-0.1, -0.05) is 0 Å². The number of amides is 1. The van der Waals surface area contributed by atoms with Gasteiger partial charge >= 0.3 is 0 Å². The number of nitrogens with zero attached hydrogens (tertiary/aromatic N) is 4. The van der Waals surface area contributed by atoms with E-state index in [-0.39, 0.29) is 5.91 Å². The van der Waals surface area contributed by atoms with E-state index in [0.717, 1.165) is 5.82 Å². The average molecular weight is 286 g/mol. The maximum atomic E-state index is 12.0. The molecule has 0 radical (unpaired) electrons. The summed E-state index contributed by atoms with van der Waals surface area (Å²) in [6, 6.07) is 5.19. The highest BCUT2D eigenvalue weighted by atomic mass is 16.1. The van der Waals surface area contributed by atoms with Crippen LogP contribution < -0.4 is 15.5 Å². The van der Waals surface area contributed by atoms with Crippen LogP contribution in [-0.2, 0) is 0 Å². The molecule has 0 fully saturated rings. The third-order valence-corrected chi connectivity index (χ3v) is 2.73. The molecule has 0 aromatic carbocycles. The van der Waals surface area contributed by atoms with Gasteiger partial charge in [-0.3, -0.25) is 4.79 Å². The van der Waals surface area contributed by atoms with E-state index in [2.05, 4.69) is 25.6 Å². The molecule has 0 aliphatic heterocycles. The molecule has 0 bridgehead atoms. The van der Waals surface area contributed by atoms with Crippen molar-refractivity contribution in [3.63, 3.8) is 0 Å². The maximum absolute atomic E-state index is 12.0. The minimum absolute atomic E-state index is 0.128. The summed E-state index contributed by atoms with van der Waals surface area (Å²) in [4.78, 5) is 26.1. The molecule has 7 nitrogen and oxygen atoms in total. The molecule has 0 aliphatic rings. The van der Waals surface area contributed by atoms with Gasteiger partial charge in [-0.15, -0.1) is 0 Å². The quantitative estimate of drug-likeness (QED) is 0.764. The third-order valence-electron chi connectivity index (χ3n) is 2.73. The van der Waals surface area contributed by atoms with Crippen LogP contribution in [-0.4, -0.2) is 48.0 Å². The molecule has 2 rings (SSSR count). The standard InChI is InChI=1S/C14H18N6O/c1-20(2)12-10-11(4-7-15-12)13(21)16-8-9-19-14-17-5-3-6-18-14/h3-7,10H,8-9H2,1-2H3,(H,16,21)(H,17,18,19). The monoisotopic (exact) mass is 286 g/mol. The first-order valence-electron chi connectivity index (χ1n) is 6.59. The van der Waals surface area contributed by atoms with E-state index in [1.165, 1.54) is 0 Å². The fraction of sp³-hybridized carbons (Fsp3) is 0.286. The van der Waals surface area contributed by atoms with Crippen LogP contribution in [0.4, 0.5) is 11.8 Å². The van der Waals surface area contributed by atoms with E-state index < -0.39 is 0 Å². The van der Waals surface area contributed by atoms with E-state index in [9.17, 15) is 4.79 Å². The molecule has 7 heteroatoms. The summed E-state index contributed by atoms with van der Waals surface area (Å²) in [6.45, 7) is 1.04. The van der Waals surface area contributed by atoms with Crippen molar-refractivity contribution >= 4 is 17.7 Å². The predicted octanol–water partition coefficient (Wildman–Crippen LogP) is 0.779. The van der Waals surface area contributed by atoms with Crippen LogP contribution in [0.15, 0.2) is 36.8 Å². The lowest BCUT2D eigenvalue weighted by atomic mass is 10.2. The Morgan fingerprint density at radius 1 is 1.14 bits per heavy atom. The van der Waals surface area contributed by atoms with Crippen LogP contribution in [0.25, 0.3) is 0 Å². The lowest BCUT2D eigenvalue weighted by Crippen LogP contribution is -2.29. The summed E-state index contributed by atoms with van der Waals surface area (Å²) in [7, 11) is 3.77. The van der Waals surface area contributed by atoms with Crippen LogP contribution >= 0.6 is 0 Å². The Morgan fingerprint density at radius 3 is 2.62 bits per heavy atom. The first kappa shape index (κ1) is 14.7. The summed E-state index contributed by atoms with van der Waals surface area (Å²) < 4.78 is 0. The minimum atomic E-state index is -0.128. The second-order valence-electron chi connectivity index (χ2n) is 4.55. The number of anilines is 2. The van der Waals surface area contributed by atoms with E-state index in [4.69, 9.17) is 0 Å². The van der Waals surface area contributed by atoms with Gasteiger partial charge in [-0.25, -0.2) is 15.0 Å². The Balaban J connectivity index is 1.81. The molecule has 0 spiro atoms. The normalized spacial score (nSPS) is 10.0. The van der Waals surface area contributed by atoms with Crippen molar-refractivity contribution < 1.29 is 4.79 Å². The van der Waals surface area contributed by atoms with Gasteiger partial charge in [0.05, 0.1) is 0 Å². The summed E-state index contributed by atoms with van der Waals surface area (Å²) in [5.74, 6) is 1.17. The number of pyridine rings is 1. The molecular weight excluding hydrogens is 268 g/mol. The Kier molecular flexibility index (Phi) is 5.03. The molecule has 21 heavy (non-hydrogen) atoms.